The Kier molecular flexibility index (Phi) is 9.44. The van der Waals surface area contributed by atoms with Crippen LogP contribution in [0.25, 0.3) is 0 Å². The molecule has 0 unspecified atom stereocenters. The van der Waals surface area contributed by atoms with E-state index in [0.717, 1.165) is 50.0 Å². The maximum Gasteiger partial charge on any atom is 0.407 e. The first-order valence-electron chi connectivity index (χ1n) is 12.2. The molecule has 0 spiro atoms. The molecule has 0 aliphatic carbocycles. The zero-order valence-corrected chi connectivity index (χ0v) is 21.6. The molecule has 33 heavy (non-hydrogen) atoms. The summed E-state index contributed by atoms with van der Waals surface area (Å²) in [6.07, 6.45) is 3.19. The minimum atomic E-state index is -0.484. The number of hydrogen-bond donors (Lipinski definition) is 3. The minimum absolute atomic E-state index is 0.0449. The summed E-state index contributed by atoms with van der Waals surface area (Å²) in [7, 11) is 0. The Morgan fingerprint density at radius 3 is 2.21 bits per heavy atom. The van der Waals surface area contributed by atoms with Crippen molar-refractivity contribution in [2.45, 2.75) is 91.3 Å². The summed E-state index contributed by atoms with van der Waals surface area (Å²) in [6.45, 7) is 16.2. The highest BCUT2D eigenvalue weighted by molar-refractivity contribution is 5.75. The monoisotopic (exact) mass is 460 g/mol. The number of carbonyl (C=O) groups excluding carboxylic acids is 2. The van der Waals surface area contributed by atoms with Crippen LogP contribution in [-0.4, -0.2) is 53.8 Å². The number of rotatable bonds is 8. The number of nitrogens with one attached hydrogen (secondary N) is 3. The smallest absolute Gasteiger partial charge is 0.407 e. The average molecular weight is 461 g/mol. The van der Waals surface area contributed by atoms with Crippen LogP contribution in [0.3, 0.4) is 0 Å². The number of benzene rings is 1. The molecular formula is C26H44N4O3. The van der Waals surface area contributed by atoms with Gasteiger partial charge in [0.2, 0.25) is 0 Å². The summed E-state index contributed by atoms with van der Waals surface area (Å²) in [5, 5.41) is 9.58. The number of hydrogen-bond acceptors (Lipinski definition) is 4. The Morgan fingerprint density at radius 2 is 1.67 bits per heavy atom. The van der Waals surface area contributed by atoms with Crippen molar-refractivity contribution >= 4 is 17.8 Å². The van der Waals surface area contributed by atoms with Crippen LogP contribution in [0.5, 0.6) is 0 Å². The van der Waals surface area contributed by atoms with Crippen molar-refractivity contribution in [2.24, 2.45) is 5.92 Å². The highest BCUT2D eigenvalue weighted by Crippen LogP contribution is 2.20. The SMILES string of the molecule is CC(C)CC(C)(C)NC(=O)N1CCC(Nc2ccc(CCNC(=O)OC(C)(C)C)cc2)CC1. The molecule has 0 atom stereocenters. The van der Waals surface area contributed by atoms with Crippen LogP contribution < -0.4 is 16.0 Å². The first kappa shape index (κ1) is 26.8. The number of amides is 3. The van der Waals surface area contributed by atoms with Gasteiger partial charge in [-0.3, -0.25) is 0 Å². The normalized spacial score (nSPS) is 15.3. The molecule has 0 radical (unpaired) electrons. The molecule has 0 saturated carbocycles. The van der Waals surface area contributed by atoms with E-state index in [0.29, 0.717) is 18.5 Å². The average Bonchev–Trinajstić information content (AvgIpc) is 2.67. The number of ether oxygens (including phenoxy) is 1. The van der Waals surface area contributed by atoms with Gasteiger partial charge in [0.15, 0.2) is 0 Å². The van der Waals surface area contributed by atoms with Gasteiger partial charge in [-0.2, -0.15) is 0 Å². The van der Waals surface area contributed by atoms with Crippen LogP contribution >= 0.6 is 0 Å². The molecule has 0 aromatic heterocycles. The van der Waals surface area contributed by atoms with Crippen LogP contribution in [0.2, 0.25) is 0 Å². The first-order valence-corrected chi connectivity index (χ1v) is 12.2. The fourth-order valence-electron chi connectivity index (χ4n) is 4.29. The van der Waals surface area contributed by atoms with Gasteiger partial charge in [0.1, 0.15) is 5.60 Å². The van der Waals surface area contributed by atoms with Gasteiger partial charge in [-0.25, -0.2) is 9.59 Å². The van der Waals surface area contributed by atoms with Crippen LogP contribution in [0.4, 0.5) is 15.3 Å². The Labute approximate surface area is 200 Å². The van der Waals surface area contributed by atoms with Gasteiger partial charge in [-0.05, 0) is 83.9 Å². The second-order valence-corrected chi connectivity index (χ2v) is 11.2. The number of likely N-dealkylation sites (tertiary alicyclic amines) is 1. The third-order valence-corrected chi connectivity index (χ3v) is 5.55. The van der Waals surface area contributed by atoms with Crippen LogP contribution in [-0.2, 0) is 11.2 Å². The highest BCUT2D eigenvalue weighted by atomic mass is 16.6. The number of nitrogens with zero attached hydrogens (tertiary/aromatic N) is 1. The second-order valence-electron chi connectivity index (χ2n) is 11.2. The number of urea groups is 1. The Morgan fingerprint density at radius 1 is 1.06 bits per heavy atom. The molecule has 7 nitrogen and oxygen atoms in total. The highest BCUT2D eigenvalue weighted by Gasteiger charge is 2.27. The predicted octanol–water partition coefficient (Wildman–Crippen LogP) is 5.16. The van der Waals surface area contributed by atoms with Gasteiger partial charge in [0.25, 0.3) is 0 Å². The summed E-state index contributed by atoms with van der Waals surface area (Å²) in [4.78, 5) is 26.3. The van der Waals surface area contributed by atoms with Crippen molar-refractivity contribution in [1.82, 2.24) is 15.5 Å². The van der Waals surface area contributed by atoms with Crippen LogP contribution in [0.15, 0.2) is 24.3 Å². The third kappa shape index (κ3) is 10.4. The van der Waals surface area contributed by atoms with Crippen molar-refractivity contribution < 1.29 is 14.3 Å². The molecule has 1 aromatic rings. The summed E-state index contributed by atoms with van der Waals surface area (Å²) < 4.78 is 5.25. The molecule has 3 N–H and O–H groups in total. The molecular weight excluding hydrogens is 416 g/mol. The number of piperidine rings is 1. The molecule has 1 saturated heterocycles. The van der Waals surface area contributed by atoms with E-state index >= 15 is 0 Å². The maximum absolute atomic E-state index is 12.7. The molecule has 186 valence electrons. The van der Waals surface area contributed by atoms with Gasteiger partial charge in [0, 0.05) is 36.9 Å². The zero-order chi connectivity index (χ0) is 24.6. The van der Waals surface area contributed by atoms with Crippen molar-refractivity contribution in [3.05, 3.63) is 29.8 Å². The molecule has 0 bridgehead atoms. The molecule has 3 amide bonds. The molecule has 1 aromatic carbocycles. The van der Waals surface area contributed by atoms with Gasteiger partial charge >= 0.3 is 12.1 Å². The van der Waals surface area contributed by atoms with Crippen LogP contribution in [0, 0.1) is 5.92 Å². The van der Waals surface area contributed by atoms with Gasteiger partial charge < -0.3 is 25.6 Å². The lowest BCUT2D eigenvalue weighted by atomic mass is 9.93. The van der Waals surface area contributed by atoms with Crippen LogP contribution in [0.1, 0.15) is 73.3 Å². The molecule has 1 fully saturated rings. The predicted molar refractivity (Wildman–Crippen MR) is 135 cm³/mol. The molecule has 7 heteroatoms. The maximum atomic E-state index is 12.7. The Hall–Kier alpha value is -2.44. The van der Waals surface area contributed by atoms with Gasteiger partial charge in [0.05, 0.1) is 0 Å². The van der Waals surface area contributed by atoms with E-state index in [1.165, 1.54) is 0 Å². The fraction of sp³-hybridized carbons (Fsp3) is 0.692. The van der Waals surface area contributed by atoms with Crippen molar-refractivity contribution in [2.75, 3.05) is 25.0 Å². The van der Waals surface area contributed by atoms with Crippen molar-refractivity contribution in [1.29, 1.82) is 0 Å². The van der Waals surface area contributed by atoms with Crippen molar-refractivity contribution in [3.8, 4) is 0 Å². The van der Waals surface area contributed by atoms with Gasteiger partial charge in [-0.1, -0.05) is 26.0 Å². The van der Waals surface area contributed by atoms with E-state index in [2.05, 4.69) is 67.9 Å². The van der Waals surface area contributed by atoms with E-state index in [1.807, 2.05) is 25.7 Å². The molecule has 2 rings (SSSR count). The molecule has 1 aliphatic rings. The number of alkyl carbamates (subject to hydrolysis) is 1. The zero-order valence-electron chi connectivity index (χ0n) is 21.6. The third-order valence-electron chi connectivity index (χ3n) is 5.55. The minimum Gasteiger partial charge on any atom is -0.444 e. The summed E-state index contributed by atoms with van der Waals surface area (Å²) in [5.74, 6) is 0.544. The molecule has 1 aliphatic heterocycles. The lowest BCUT2D eigenvalue weighted by molar-refractivity contribution is 0.0528. The Balaban J connectivity index is 1.72. The standard InChI is InChI=1S/C26H44N4O3/c1-19(2)18-26(6,7)29-23(31)30-16-13-22(14-17-30)28-21-10-8-20(9-11-21)12-15-27-24(32)33-25(3,4)5/h8-11,19,22,28H,12-18H2,1-7H3,(H,27,32)(H,29,31). The number of anilines is 1. The van der Waals surface area contributed by atoms with E-state index in [1.54, 1.807) is 0 Å². The fourth-order valence-corrected chi connectivity index (χ4v) is 4.29. The van der Waals surface area contributed by atoms with E-state index in [4.69, 9.17) is 4.74 Å². The van der Waals surface area contributed by atoms with E-state index in [-0.39, 0.29) is 17.7 Å². The lowest BCUT2D eigenvalue weighted by Gasteiger charge is -2.36. The second kappa shape index (κ2) is 11.6. The van der Waals surface area contributed by atoms with Gasteiger partial charge in [-0.15, -0.1) is 0 Å². The number of carbonyl (C=O) groups is 2. The topological polar surface area (TPSA) is 82.7 Å². The quantitative estimate of drug-likeness (QED) is 0.500. The van der Waals surface area contributed by atoms with Crippen molar-refractivity contribution in [3.63, 3.8) is 0 Å². The van der Waals surface area contributed by atoms with E-state index < -0.39 is 5.60 Å². The largest absolute Gasteiger partial charge is 0.444 e. The molecule has 1 heterocycles. The van der Waals surface area contributed by atoms with E-state index in [9.17, 15) is 9.59 Å². The summed E-state index contributed by atoms with van der Waals surface area (Å²) in [6, 6.07) is 8.73. The lowest BCUT2D eigenvalue weighted by Crippen LogP contribution is -2.53. The summed E-state index contributed by atoms with van der Waals surface area (Å²) >= 11 is 0. The first-order chi connectivity index (χ1) is 15.3. The Bertz CT molecular complexity index is 761. The summed E-state index contributed by atoms with van der Waals surface area (Å²) in [5.41, 5.74) is 1.57.